The van der Waals surface area contributed by atoms with Crippen molar-refractivity contribution in [1.82, 2.24) is 25.5 Å². The third kappa shape index (κ3) is 3.60. The Morgan fingerprint density at radius 3 is 2.95 bits per heavy atom. The molecule has 0 bridgehead atoms. The van der Waals surface area contributed by atoms with Crippen LogP contribution in [0.1, 0.15) is 13.3 Å². The van der Waals surface area contributed by atoms with Crippen LogP contribution in [0.15, 0.2) is 28.7 Å². The number of nitrogens with zero attached hydrogens (tertiary/aromatic N) is 4. The summed E-state index contributed by atoms with van der Waals surface area (Å²) in [7, 11) is 0. The monoisotopic (exact) mass is 323 g/mol. The van der Waals surface area contributed by atoms with E-state index in [9.17, 15) is 4.79 Å². The molecule has 1 N–H and O–H groups in total. The minimum Gasteiger partial charge on any atom is -0.354 e. The van der Waals surface area contributed by atoms with E-state index in [4.69, 9.17) is 0 Å². The largest absolute Gasteiger partial charge is 0.354 e. The second-order valence-corrected chi connectivity index (χ2v) is 4.83. The Bertz CT molecular complexity index is 569. The average Bonchev–Trinajstić information content (AvgIpc) is 2.85. The molecule has 0 spiro atoms. The first kappa shape index (κ1) is 13.7. The van der Waals surface area contributed by atoms with Gasteiger partial charge in [-0.1, -0.05) is 35.0 Å². The molecule has 0 saturated carbocycles. The van der Waals surface area contributed by atoms with Gasteiger partial charge in [0.2, 0.25) is 11.7 Å². The molecule has 1 aromatic carbocycles. The zero-order valence-electron chi connectivity index (χ0n) is 10.5. The Kier molecular flexibility index (Phi) is 4.62. The van der Waals surface area contributed by atoms with Gasteiger partial charge in [0.25, 0.3) is 0 Å². The molecule has 0 fully saturated rings. The van der Waals surface area contributed by atoms with Crippen LogP contribution in [-0.4, -0.2) is 32.7 Å². The van der Waals surface area contributed by atoms with Gasteiger partial charge >= 0.3 is 0 Å². The lowest BCUT2D eigenvalue weighted by molar-refractivity contribution is -0.122. The highest BCUT2D eigenvalue weighted by Crippen LogP contribution is 2.23. The van der Waals surface area contributed by atoms with Crippen molar-refractivity contribution < 1.29 is 4.79 Å². The molecule has 0 unspecified atom stereocenters. The van der Waals surface area contributed by atoms with E-state index in [0.717, 1.165) is 16.5 Å². The first-order valence-corrected chi connectivity index (χ1v) is 6.79. The van der Waals surface area contributed by atoms with Crippen LogP contribution < -0.4 is 5.32 Å². The van der Waals surface area contributed by atoms with Crippen LogP contribution in [0.4, 0.5) is 0 Å². The zero-order valence-corrected chi connectivity index (χ0v) is 12.1. The second kappa shape index (κ2) is 6.42. The smallest absolute Gasteiger partial charge is 0.243 e. The van der Waals surface area contributed by atoms with Gasteiger partial charge in [0, 0.05) is 16.6 Å². The Morgan fingerprint density at radius 2 is 2.21 bits per heavy atom. The number of aromatic nitrogens is 4. The molecule has 1 heterocycles. The molecule has 1 aromatic heterocycles. The molecule has 7 heteroatoms. The number of hydrogen-bond donors (Lipinski definition) is 1. The van der Waals surface area contributed by atoms with Crippen LogP contribution in [-0.2, 0) is 11.3 Å². The molecule has 2 aromatic rings. The van der Waals surface area contributed by atoms with Crippen LogP contribution >= 0.6 is 15.9 Å². The number of rotatable bonds is 5. The van der Waals surface area contributed by atoms with Gasteiger partial charge in [0.15, 0.2) is 0 Å². The molecule has 0 aliphatic carbocycles. The first-order chi connectivity index (χ1) is 9.20. The van der Waals surface area contributed by atoms with Crippen LogP contribution in [0.5, 0.6) is 0 Å². The molecular formula is C12H14BrN5O. The summed E-state index contributed by atoms with van der Waals surface area (Å²) in [6.45, 7) is 2.74. The molecule has 2 rings (SSSR count). The number of tetrazole rings is 1. The SMILES string of the molecule is CCCNC(=O)Cn1nnc(-c2ccccc2Br)n1. The Labute approximate surface area is 119 Å². The first-order valence-electron chi connectivity index (χ1n) is 6.00. The Morgan fingerprint density at radius 1 is 1.42 bits per heavy atom. The maximum Gasteiger partial charge on any atom is 0.243 e. The quantitative estimate of drug-likeness (QED) is 0.907. The van der Waals surface area contributed by atoms with Gasteiger partial charge in [-0.3, -0.25) is 4.79 Å². The Hall–Kier alpha value is -1.76. The van der Waals surface area contributed by atoms with Crippen molar-refractivity contribution in [1.29, 1.82) is 0 Å². The third-order valence-electron chi connectivity index (χ3n) is 2.42. The van der Waals surface area contributed by atoms with E-state index < -0.39 is 0 Å². The van der Waals surface area contributed by atoms with Crippen LogP contribution in [0.3, 0.4) is 0 Å². The van der Waals surface area contributed by atoms with Gasteiger partial charge in [-0.2, -0.15) is 4.80 Å². The van der Waals surface area contributed by atoms with E-state index in [2.05, 4.69) is 36.7 Å². The lowest BCUT2D eigenvalue weighted by atomic mass is 10.2. The van der Waals surface area contributed by atoms with Gasteiger partial charge in [0.05, 0.1) is 0 Å². The topological polar surface area (TPSA) is 72.7 Å². The molecule has 1 amide bonds. The molecule has 0 aliphatic rings. The van der Waals surface area contributed by atoms with Crippen LogP contribution in [0.2, 0.25) is 0 Å². The van der Waals surface area contributed by atoms with Crippen LogP contribution in [0, 0.1) is 0 Å². The summed E-state index contributed by atoms with van der Waals surface area (Å²) in [5.74, 6) is 0.383. The molecule has 0 atom stereocenters. The fourth-order valence-electron chi connectivity index (χ4n) is 1.51. The van der Waals surface area contributed by atoms with E-state index in [1.807, 2.05) is 31.2 Å². The summed E-state index contributed by atoms with van der Waals surface area (Å²) in [4.78, 5) is 12.8. The normalized spacial score (nSPS) is 10.4. The van der Waals surface area contributed by atoms with Gasteiger partial charge < -0.3 is 5.32 Å². The Balaban J connectivity index is 2.07. The third-order valence-corrected chi connectivity index (χ3v) is 3.12. The minimum absolute atomic E-state index is 0.0808. The van der Waals surface area contributed by atoms with Crippen molar-refractivity contribution in [3.8, 4) is 11.4 Å². The average molecular weight is 324 g/mol. The van der Waals surface area contributed by atoms with Crippen molar-refractivity contribution in [2.24, 2.45) is 0 Å². The van der Waals surface area contributed by atoms with Crippen molar-refractivity contribution >= 4 is 21.8 Å². The molecule has 0 radical (unpaired) electrons. The molecule has 0 saturated heterocycles. The summed E-state index contributed by atoms with van der Waals surface area (Å²) < 4.78 is 0.894. The van der Waals surface area contributed by atoms with Crippen LogP contribution in [0.25, 0.3) is 11.4 Å². The van der Waals surface area contributed by atoms with Crippen molar-refractivity contribution in [3.05, 3.63) is 28.7 Å². The minimum atomic E-state index is -0.113. The van der Waals surface area contributed by atoms with Gasteiger partial charge in [-0.15, -0.1) is 10.2 Å². The lowest BCUT2D eigenvalue weighted by Crippen LogP contribution is -2.29. The van der Waals surface area contributed by atoms with E-state index >= 15 is 0 Å². The van der Waals surface area contributed by atoms with E-state index in [-0.39, 0.29) is 12.5 Å². The van der Waals surface area contributed by atoms with Crippen molar-refractivity contribution in [3.63, 3.8) is 0 Å². The van der Waals surface area contributed by atoms with Gasteiger partial charge in [-0.25, -0.2) is 0 Å². The van der Waals surface area contributed by atoms with Gasteiger partial charge in [0.1, 0.15) is 6.54 Å². The number of halogens is 1. The summed E-state index contributed by atoms with van der Waals surface area (Å²) in [6.07, 6.45) is 0.902. The number of benzene rings is 1. The zero-order chi connectivity index (χ0) is 13.7. The fourth-order valence-corrected chi connectivity index (χ4v) is 1.97. The molecule has 100 valence electrons. The summed E-state index contributed by atoms with van der Waals surface area (Å²) in [6, 6.07) is 7.61. The highest BCUT2D eigenvalue weighted by molar-refractivity contribution is 9.10. The van der Waals surface area contributed by atoms with E-state index in [0.29, 0.717) is 12.4 Å². The van der Waals surface area contributed by atoms with Crippen molar-refractivity contribution in [2.45, 2.75) is 19.9 Å². The predicted octanol–water partition coefficient (Wildman–Crippen LogP) is 1.63. The number of carbonyl (C=O) groups excluding carboxylic acids is 1. The van der Waals surface area contributed by atoms with E-state index in [1.54, 1.807) is 0 Å². The highest BCUT2D eigenvalue weighted by Gasteiger charge is 2.10. The molecule has 6 nitrogen and oxygen atoms in total. The summed E-state index contributed by atoms with van der Waals surface area (Å²) in [5.41, 5.74) is 0.850. The van der Waals surface area contributed by atoms with E-state index in [1.165, 1.54) is 4.80 Å². The summed E-state index contributed by atoms with van der Waals surface area (Å²) in [5, 5.41) is 14.8. The molecule has 19 heavy (non-hydrogen) atoms. The second-order valence-electron chi connectivity index (χ2n) is 3.97. The fraction of sp³-hybridized carbons (Fsp3) is 0.333. The maximum atomic E-state index is 11.5. The summed E-state index contributed by atoms with van der Waals surface area (Å²) >= 11 is 3.43. The molecule has 0 aliphatic heterocycles. The maximum absolute atomic E-state index is 11.5. The number of nitrogens with one attached hydrogen (secondary N) is 1. The number of hydrogen-bond acceptors (Lipinski definition) is 4. The number of carbonyl (C=O) groups is 1. The van der Waals surface area contributed by atoms with Crippen molar-refractivity contribution in [2.75, 3.05) is 6.54 Å². The van der Waals surface area contributed by atoms with Gasteiger partial charge in [-0.05, 0) is 23.8 Å². The standard InChI is InChI=1S/C12H14BrN5O/c1-2-7-14-11(19)8-18-16-12(15-17-18)9-5-3-4-6-10(9)13/h3-6H,2,7-8H2,1H3,(H,14,19). The molecular weight excluding hydrogens is 310 g/mol. The number of amides is 1. The highest BCUT2D eigenvalue weighted by atomic mass is 79.9. The predicted molar refractivity (Wildman–Crippen MR) is 74.3 cm³/mol. The lowest BCUT2D eigenvalue weighted by Gasteiger charge is -2.01.